The first-order valence-electron chi connectivity index (χ1n) is 9.23. The van der Waals surface area contributed by atoms with Gasteiger partial charge in [0.15, 0.2) is 0 Å². The van der Waals surface area contributed by atoms with Crippen molar-refractivity contribution in [1.29, 1.82) is 0 Å². The predicted octanol–water partition coefficient (Wildman–Crippen LogP) is 3.13. The van der Waals surface area contributed by atoms with Crippen molar-refractivity contribution in [1.82, 2.24) is 14.9 Å². The third-order valence-electron chi connectivity index (χ3n) is 4.64. The van der Waals surface area contributed by atoms with Crippen LogP contribution in [0.4, 0.5) is 13.2 Å². The Balaban J connectivity index is 1.55. The van der Waals surface area contributed by atoms with Gasteiger partial charge in [-0.2, -0.15) is 13.2 Å². The van der Waals surface area contributed by atoms with Crippen molar-refractivity contribution in [3.8, 4) is 0 Å². The molecule has 152 valence electrons. The van der Waals surface area contributed by atoms with Gasteiger partial charge in [-0.3, -0.25) is 4.90 Å². The molecule has 0 bridgehead atoms. The van der Waals surface area contributed by atoms with Crippen LogP contribution in [0.2, 0.25) is 0 Å². The van der Waals surface area contributed by atoms with Gasteiger partial charge in [0, 0.05) is 51.1 Å². The molecule has 28 heavy (non-hydrogen) atoms. The molecule has 0 saturated carbocycles. The Hall–Kier alpha value is -2.03. The number of ether oxygens (including phenoxy) is 2. The van der Waals surface area contributed by atoms with Crippen LogP contribution >= 0.6 is 0 Å². The molecule has 1 aliphatic heterocycles. The van der Waals surface area contributed by atoms with Crippen LogP contribution in [0, 0.1) is 0 Å². The van der Waals surface area contributed by atoms with Crippen LogP contribution in [-0.4, -0.2) is 54.4 Å². The summed E-state index contributed by atoms with van der Waals surface area (Å²) in [6, 6.07) is 5.45. The maximum Gasteiger partial charge on any atom is 0.416 e. The minimum Gasteiger partial charge on any atom is -0.384 e. The molecule has 0 amide bonds. The van der Waals surface area contributed by atoms with Crippen LogP contribution in [0.3, 0.4) is 0 Å². The van der Waals surface area contributed by atoms with Gasteiger partial charge in [-0.15, -0.1) is 0 Å². The molecule has 0 radical (unpaired) electrons. The second kappa shape index (κ2) is 9.45. The zero-order valence-corrected chi connectivity index (χ0v) is 15.8. The number of aromatic nitrogens is 2. The molecule has 3 rings (SSSR count). The van der Waals surface area contributed by atoms with Crippen LogP contribution in [0.25, 0.3) is 0 Å². The standard InChI is InChI=1S/C20H24F3N3O2/c1-27-7-5-19-24-11-16(12-25-19)13-26-6-8-28-18(14-26)10-15-3-2-4-17(9-15)20(21,22)23/h2-4,9,11-12,18H,5-8,10,13-14H2,1H3/t18-/m0/s1. The first-order chi connectivity index (χ1) is 13.4. The molecule has 1 aromatic carbocycles. The molecule has 0 N–H and O–H groups in total. The maximum absolute atomic E-state index is 12.9. The highest BCUT2D eigenvalue weighted by Crippen LogP contribution is 2.30. The molecule has 0 spiro atoms. The number of morpholine rings is 1. The summed E-state index contributed by atoms with van der Waals surface area (Å²) in [4.78, 5) is 10.9. The van der Waals surface area contributed by atoms with Crippen LogP contribution < -0.4 is 0 Å². The monoisotopic (exact) mass is 395 g/mol. The van der Waals surface area contributed by atoms with E-state index >= 15 is 0 Å². The lowest BCUT2D eigenvalue weighted by molar-refractivity contribution is -0.137. The smallest absolute Gasteiger partial charge is 0.384 e. The summed E-state index contributed by atoms with van der Waals surface area (Å²) in [5.74, 6) is 0.745. The molecule has 1 atom stereocenters. The number of methoxy groups -OCH3 is 1. The number of hydrogen-bond acceptors (Lipinski definition) is 5. The van der Waals surface area contributed by atoms with Gasteiger partial charge in [-0.1, -0.05) is 18.2 Å². The average Bonchev–Trinajstić information content (AvgIpc) is 2.67. The molecule has 5 nitrogen and oxygen atoms in total. The zero-order valence-electron chi connectivity index (χ0n) is 15.8. The zero-order chi connectivity index (χ0) is 20.0. The number of nitrogens with zero attached hydrogens (tertiary/aromatic N) is 3. The van der Waals surface area contributed by atoms with Crippen molar-refractivity contribution in [2.24, 2.45) is 0 Å². The van der Waals surface area contributed by atoms with Crippen molar-refractivity contribution in [2.75, 3.05) is 33.4 Å². The van der Waals surface area contributed by atoms with Crippen LogP contribution in [0.5, 0.6) is 0 Å². The molecule has 2 aromatic rings. The van der Waals surface area contributed by atoms with E-state index in [1.807, 2.05) is 12.4 Å². The molecule has 1 aliphatic rings. The molecule has 0 aliphatic carbocycles. The van der Waals surface area contributed by atoms with Gasteiger partial charge in [-0.05, 0) is 18.1 Å². The summed E-state index contributed by atoms with van der Waals surface area (Å²) in [5, 5.41) is 0. The number of benzene rings is 1. The first-order valence-corrected chi connectivity index (χ1v) is 9.23. The summed E-state index contributed by atoms with van der Waals surface area (Å²) in [6.07, 6.45) is 0.287. The van der Waals surface area contributed by atoms with Crippen LogP contribution in [-0.2, 0) is 35.0 Å². The summed E-state index contributed by atoms with van der Waals surface area (Å²) in [5.41, 5.74) is 1.01. The van der Waals surface area contributed by atoms with E-state index in [1.165, 1.54) is 12.1 Å². The van der Waals surface area contributed by atoms with Gasteiger partial charge >= 0.3 is 6.18 Å². The highest BCUT2D eigenvalue weighted by atomic mass is 19.4. The Labute approximate surface area is 162 Å². The molecule has 8 heteroatoms. The van der Waals surface area contributed by atoms with E-state index in [4.69, 9.17) is 9.47 Å². The second-order valence-electron chi connectivity index (χ2n) is 6.88. The molecule has 1 fully saturated rings. The topological polar surface area (TPSA) is 47.5 Å². The molecular weight excluding hydrogens is 371 g/mol. The summed E-state index contributed by atoms with van der Waals surface area (Å²) >= 11 is 0. The van der Waals surface area contributed by atoms with Gasteiger partial charge in [0.2, 0.25) is 0 Å². The van der Waals surface area contributed by atoms with Gasteiger partial charge < -0.3 is 9.47 Å². The van der Waals surface area contributed by atoms with E-state index < -0.39 is 11.7 Å². The van der Waals surface area contributed by atoms with Gasteiger partial charge in [0.25, 0.3) is 0 Å². The lowest BCUT2D eigenvalue weighted by atomic mass is 10.0. The van der Waals surface area contributed by atoms with Crippen molar-refractivity contribution in [3.63, 3.8) is 0 Å². The van der Waals surface area contributed by atoms with Crippen molar-refractivity contribution >= 4 is 0 Å². The number of hydrogen-bond donors (Lipinski definition) is 0. The fraction of sp³-hybridized carbons (Fsp3) is 0.500. The van der Waals surface area contributed by atoms with Crippen molar-refractivity contribution in [3.05, 3.63) is 59.2 Å². The summed E-state index contributed by atoms with van der Waals surface area (Å²) < 4.78 is 49.5. The lowest BCUT2D eigenvalue weighted by Crippen LogP contribution is -2.42. The van der Waals surface area contributed by atoms with Gasteiger partial charge in [-0.25, -0.2) is 9.97 Å². The Bertz CT molecular complexity index is 753. The highest BCUT2D eigenvalue weighted by Gasteiger charge is 2.30. The maximum atomic E-state index is 12.9. The van der Waals surface area contributed by atoms with E-state index in [0.29, 0.717) is 44.7 Å². The first kappa shape index (κ1) is 20.7. The summed E-state index contributed by atoms with van der Waals surface area (Å²) in [6.45, 7) is 3.25. The second-order valence-corrected chi connectivity index (χ2v) is 6.88. The molecule has 1 aromatic heterocycles. The average molecular weight is 395 g/mol. The Morgan fingerprint density at radius 3 is 2.71 bits per heavy atom. The SMILES string of the molecule is COCCc1ncc(CN2CCO[C@@H](Cc3cccc(C(F)(F)F)c3)C2)cn1. The Morgan fingerprint density at radius 2 is 2.00 bits per heavy atom. The van der Waals surface area contributed by atoms with E-state index in [2.05, 4.69) is 14.9 Å². The van der Waals surface area contributed by atoms with Crippen LogP contribution in [0.15, 0.2) is 36.7 Å². The number of rotatable bonds is 7. The number of alkyl halides is 3. The Kier molecular flexibility index (Phi) is 6.98. The molecule has 1 saturated heterocycles. The molecule has 0 unspecified atom stereocenters. The normalized spacial score (nSPS) is 18.4. The molecular formula is C20H24F3N3O2. The van der Waals surface area contributed by atoms with Gasteiger partial charge in [0.05, 0.1) is 24.9 Å². The minimum absolute atomic E-state index is 0.140. The van der Waals surface area contributed by atoms with Crippen molar-refractivity contribution in [2.45, 2.75) is 31.7 Å². The fourth-order valence-corrected chi connectivity index (χ4v) is 3.23. The predicted molar refractivity (Wildman–Crippen MR) is 97.8 cm³/mol. The summed E-state index contributed by atoms with van der Waals surface area (Å²) in [7, 11) is 1.64. The largest absolute Gasteiger partial charge is 0.416 e. The van der Waals surface area contributed by atoms with E-state index in [1.54, 1.807) is 13.2 Å². The third kappa shape index (κ3) is 5.98. The van der Waals surface area contributed by atoms with Gasteiger partial charge in [0.1, 0.15) is 5.82 Å². The van der Waals surface area contributed by atoms with Crippen LogP contribution in [0.1, 0.15) is 22.5 Å². The number of halogens is 3. The van der Waals surface area contributed by atoms with E-state index in [-0.39, 0.29) is 6.10 Å². The molecule has 2 heterocycles. The van der Waals surface area contributed by atoms with E-state index in [0.717, 1.165) is 24.0 Å². The quantitative estimate of drug-likeness (QED) is 0.721. The highest BCUT2D eigenvalue weighted by molar-refractivity contribution is 5.26. The lowest BCUT2D eigenvalue weighted by Gasteiger charge is -2.33. The fourth-order valence-electron chi connectivity index (χ4n) is 3.23. The van der Waals surface area contributed by atoms with Crippen molar-refractivity contribution < 1.29 is 22.6 Å². The Morgan fingerprint density at radius 1 is 1.21 bits per heavy atom. The van der Waals surface area contributed by atoms with E-state index in [9.17, 15) is 13.2 Å². The third-order valence-corrected chi connectivity index (χ3v) is 4.64. The minimum atomic E-state index is -4.33.